The van der Waals surface area contributed by atoms with Crippen LogP contribution >= 0.6 is 0 Å². The molecule has 8 nitrogen and oxygen atoms in total. The van der Waals surface area contributed by atoms with E-state index in [2.05, 4.69) is 14.9 Å². The summed E-state index contributed by atoms with van der Waals surface area (Å²) in [7, 11) is 0. The number of hydrogen-bond donors (Lipinski definition) is 2. The first-order chi connectivity index (χ1) is 14.2. The Bertz CT molecular complexity index is 887. The van der Waals surface area contributed by atoms with Gasteiger partial charge in [-0.05, 0) is 44.0 Å². The fraction of sp³-hybridized carbons (Fsp3) is 0.524. The van der Waals surface area contributed by atoms with Gasteiger partial charge in [-0.25, -0.2) is 4.98 Å². The minimum atomic E-state index is -0.149. The van der Waals surface area contributed by atoms with Crippen molar-refractivity contribution in [3.8, 4) is 11.5 Å². The number of likely N-dealkylation sites (tertiary alicyclic amines) is 2. The van der Waals surface area contributed by atoms with Crippen LogP contribution in [0.5, 0.6) is 11.5 Å². The quantitative estimate of drug-likeness (QED) is 0.814. The largest absolute Gasteiger partial charge is 0.454 e. The number of amides is 1. The standard InChI is InChI=1S/C21H26N4O4/c26-12-21-4-1-6-24(10-16-9-22-13-23-16)19(21)11-25(7-5-21)20(27)15-2-3-17-18(8-15)29-14-28-17/h2-3,8-9,13,19,26H,1,4-7,10-12,14H2,(H,22,23)/t19-,21-/m0/s1. The molecule has 154 valence electrons. The van der Waals surface area contributed by atoms with E-state index in [0.29, 0.717) is 30.2 Å². The number of imidazole rings is 1. The molecule has 0 radical (unpaired) electrons. The van der Waals surface area contributed by atoms with E-state index >= 15 is 0 Å². The maximum Gasteiger partial charge on any atom is 0.254 e. The molecule has 8 heteroatoms. The van der Waals surface area contributed by atoms with E-state index in [4.69, 9.17) is 9.47 Å². The molecule has 0 unspecified atom stereocenters. The first kappa shape index (κ1) is 18.4. The number of aliphatic hydroxyl groups is 1. The van der Waals surface area contributed by atoms with Gasteiger partial charge in [-0.1, -0.05) is 0 Å². The van der Waals surface area contributed by atoms with E-state index in [0.717, 1.165) is 38.0 Å². The average molecular weight is 398 g/mol. The fourth-order valence-corrected chi connectivity index (χ4v) is 5.04. The SMILES string of the molecule is O=C(c1ccc2c(c1)OCO2)N1CC[C@]2(CO)CCCN(Cc3cnc[nH]3)[C@H]2C1. The predicted molar refractivity (Wildman–Crippen MR) is 105 cm³/mol. The molecule has 1 aromatic heterocycles. The van der Waals surface area contributed by atoms with Gasteiger partial charge >= 0.3 is 0 Å². The fourth-order valence-electron chi connectivity index (χ4n) is 5.04. The summed E-state index contributed by atoms with van der Waals surface area (Å²) in [5, 5.41) is 10.3. The number of carbonyl (C=O) groups excluding carboxylic acids is 1. The third kappa shape index (κ3) is 3.26. The second-order valence-corrected chi connectivity index (χ2v) is 8.26. The summed E-state index contributed by atoms with van der Waals surface area (Å²) in [4.78, 5) is 24.8. The monoisotopic (exact) mass is 398 g/mol. The summed E-state index contributed by atoms with van der Waals surface area (Å²) >= 11 is 0. The van der Waals surface area contributed by atoms with E-state index < -0.39 is 0 Å². The first-order valence-electron chi connectivity index (χ1n) is 10.2. The van der Waals surface area contributed by atoms with Crippen molar-refractivity contribution in [2.75, 3.05) is 33.0 Å². The van der Waals surface area contributed by atoms with Gasteiger partial charge < -0.3 is 24.5 Å². The Hall–Kier alpha value is -2.58. The molecule has 1 amide bonds. The molecule has 0 bridgehead atoms. The lowest BCUT2D eigenvalue weighted by Gasteiger charge is -2.54. The van der Waals surface area contributed by atoms with Crippen molar-refractivity contribution in [2.45, 2.75) is 31.8 Å². The van der Waals surface area contributed by atoms with Crippen LogP contribution in [0.1, 0.15) is 35.3 Å². The highest BCUT2D eigenvalue weighted by Gasteiger charge is 2.48. The van der Waals surface area contributed by atoms with Gasteiger partial charge in [0.15, 0.2) is 11.5 Å². The topological polar surface area (TPSA) is 90.9 Å². The van der Waals surface area contributed by atoms with Crippen LogP contribution in [0.25, 0.3) is 0 Å². The highest BCUT2D eigenvalue weighted by atomic mass is 16.7. The second-order valence-electron chi connectivity index (χ2n) is 8.26. The van der Waals surface area contributed by atoms with Crippen molar-refractivity contribution in [2.24, 2.45) is 5.41 Å². The van der Waals surface area contributed by atoms with Gasteiger partial charge in [0.25, 0.3) is 5.91 Å². The number of hydrogen-bond acceptors (Lipinski definition) is 6. The van der Waals surface area contributed by atoms with Crippen LogP contribution in [0.15, 0.2) is 30.7 Å². The molecule has 2 atom stereocenters. The van der Waals surface area contributed by atoms with E-state index in [-0.39, 0.29) is 30.8 Å². The number of fused-ring (bicyclic) bond motifs is 2. The zero-order valence-corrected chi connectivity index (χ0v) is 16.3. The zero-order valence-electron chi connectivity index (χ0n) is 16.3. The summed E-state index contributed by atoms with van der Waals surface area (Å²) in [5.74, 6) is 1.30. The van der Waals surface area contributed by atoms with Gasteiger partial charge in [0.05, 0.1) is 12.9 Å². The molecule has 0 saturated carbocycles. The van der Waals surface area contributed by atoms with Crippen molar-refractivity contribution in [3.05, 3.63) is 42.0 Å². The number of rotatable bonds is 4. The lowest BCUT2D eigenvalue weighted by atomic mass is 9.69. The van der Waals surface area contributed by atoms with Crippen LogP contribution < -0.4 is 9.47 Å². The number of nitrogens with zero attached hydrogens (tertiary/aromatic N) is 3. The Balaban J connectivity index is 1.37. The van der Waals surface area contributed by atoms with Gasteiger partial charge in [-0.3, -0.25) is 9.69 Å². The van der Waals surface area contributed by atoms with Crippen molar-refractivity contribution in [3.63, 3.8) is 0 Å². The van der Waals surface area contributed by atoms with Crippen LogP contribution in [0, 0.1) is 5.41 Å². The van der Waals surface area contributed by atoms with Gasteiger partial charge in [0.2, 0.25) is 6.79 Å². The molecule has 2 saturated heterocycles. The molecule has 5 rings (SSSR count). The number of aromatic amines is 1. The van der Waals surface area contributed by atoms with E-state index in [1.807, 2.05) is 11.1 Å². The van der Waals surface area contributed by atoms with Crippen molar-refractivity contribution in [1.29, 1.82) is 0 Å². The number of aromatic nitrogens is 2. The summed E-state index contributed by atoms with van der Waals surface area (Å²) in [6, 6.07) is 5.48. The Morgan fingerprint density at radius 2 is 2.17 bits per heavy atom. The third-order valence-electron chi connectivity index (χ3n) is 6.69. The number of ether oxygens (including phenoxy) is 2. The number of aliphatic hydroxyl groups excluding tert-OH is 1. The van der Waals surface area contributed by atoms with Gasteiger partial charge in [0.1, 0.15) is 0 Å². The lowest BCUT2D eigenvalue weighted by Crippen LogP contribution is -2.63. The van der Waals surface area contributed by atoms with E-state index in [9.17, 15) is 9.90 Å². The lowest BCUT2D eigenvalue weighted by molar-refractivity contribution is -0.0730. The number of H-pyrrole nitrogens is 1. The molecule has 0 spiro atoms. The van der Waals surface area contributed by atoms with Crippen molar-refractivity contribution >= 4 is 5.91 Å². The third-order valence-corrected chi connectivity index (χ3v) is 6.69. The van der Waals surface area contributed by atoms with Gasteiger partial charge in [-0.15, -0.1) is 0 Å². The minimum Gasteiger partial charge on any atom is -0.454 e. The molecule has 2 fully saturated rings. The highest BCUT2D eigenvalue weighted by Crippen LogP contribution is 2.43. The number of piperidine rings is 2. The Morgan fingerprint density at radius 3 is 3.00 bits per heavy atom. The summed E-state index contributed by atoms with van der Waals surface area (Å²) in [5.41, 5.74) is 1.52. The molecule has 2 aromatic rings. The molecule has 3 aliphatic rings. The van der Waals surface area contributed by atoms with Gasteiger partial charge in [-0.2, -0.15) is 0 Å². The Labute approximate surface area is 169 Å². The van der Waals surface area contributed by atoms with Crippen LogP contribution in [-0.4, -0.2) is 69.9 Å². The molecule has 1 aromatic carbocycles. The highest BCUT2D eigenvalue weighted by molar-refractivity contribution is 5.95. The van der Waals surface area contributed by atoms with Crippen molar-refractivity contribution in [1.82, 2.24) is 19.8 Å². The second kappa shape index (κ2) is 7.35. The normalized spacial score (nSPS) is 26.4. The molecule has 4 heterocycles. The van der Waals surface area contributed by atoms with Crippen LogP contribution in [-0.2, 0) is 6.54 Å². The maximum atomic E-state index is 13.2. The summed E-state index contributed by atoms with van der Waals surface area (Å²) < 4.78 is 10.8. The summed E-state index contributed by atoms with van der Waals surface area (Å²) in [6.07, 6.45) is 6.40. The summed E-state index contributed by atoms with van der Waals surface area (Å²) in [6.45, 7) is 3.32. The predicted octanol–water partition coefficient (Wildman–Crippen LogP) is 1.63. The average Bonchev–Trinajstić information content (AvgIpc) is 3.44. The molecule has 2 N–H and O–H groups in total. The Morgan fingerprint density at radius 1 is 1.28 bits per heavy atom. The molecule has 0 aliphatic carbocycles. The number of carbonyl (C=O) groups is 1. The Kier molecular flexibility index (Phi) is 4.67. The minimum absolute atomic E-state index is 0.00176. The van der Waals surface area contributed by atoms with Crippen LogP contribution in [0.4, 0.5) is 0 Å². The molecular weight excluding hydrogens is 372 g/mol. The molecule has 29 heavy (non-hydrogen) atoms. The van der Waals surface area contributed by atoms with Gasteiger partial charge in [0, 0.05) is 48.5 Å². The zero-order chi connectivity index (χ0) is 19.8. The number of benzene rings is 1. The van der Waals surface area contributed by atoms with Crippen molar-refractivity contribution < 1.29 is 19.4 Å². The first-order valence-corrected chi connectivity index (χ1v) is 10.2. The number of nitrogens with one attached hydrogen (secondary N) is 1. The molecule has 3 aliphatic heterocycles. The smallest absolute Gasteiger partial charge is 0.254 e. The van der Waals surface area contributed by atoms with Crippen LogP contribution in [0.3, 0.4) is 0 Å². The van der Waals surface area contributed by atoms with E-state index in [1.54, 1.807) is 24.5 Å². The van der Waals surface area contributed by atoms with Crippen LogP contribution in [0.2, 0.25) is 0 Å². The van der Waals surface area contributed by atoms with E-state index in [1.165, 1.54) is 0 Å². The molecular formula is C21H26N4O4. The maximum absolute atomic E-state index is 13.2.